The Morgan fingerprint density at radius 3 is 2.67 bits per heavy atom. The maximum absolute atomic E-state index is 12.4. The van der Waals surface area contributed by atoms with Gasteiger partial charge in [-0.3, -0.25) is 9.59 Å². The van der Waals surface area contributed by atoms with Crippen molar-refractivity contribution in [3.8, 4) is 11.1 Å². The van der Waals surface area contributed by atoms with E-state index in [0.29, 0.717) is 17.5 Å². The van der Waals surface area contributed by atoms with Crippen LogP contribution in [0.3, 0.4) is 0 Å². The minimum Gasteiger partial charge on any atom is -0.481 e. The van der Waals surface area contributed by atoms with E-state index in [0.717, 1.165) is 33.0 Å². The van der Waals surface area contributed by atoms with Crippen molar-refractivity contribution < 1.29 is 15.0 Å². The summed E-state index contributed by atoms with van der Waals surface area (Å²) in [5, 5.41) is 20.0. The van der Waals surface area contributed by atoms with Gasteiger partial charge < -0.3 is 20.2 Å². The summed E-state index contributed by atoms with van der Waals surface area (Å²) in [4.78, 5) is 29.2. The zero-order chi connectivity index (χ0) is 19.0. The quantitative estimate of drug-likeness (QED) is 0.437. The molecule has 0 aliphatic rings. The van der Waals surface area contributed by atoms with Crippen LogP contribution in [-0.2, 0) is 17.8 Å². The van der Waals surface area contributed by atoms with Crippen molar-refractivity contribution in [2.24, 2.45) is 0 Å². The topological polar surface area (TPSA) is 106 Å². The molecule has 4 N–H and O–H groups in total. The summed E-state index contributed by atoms with van der Waals surface area (Å²) in [6.45, 7) is -0.0316. The highest BCUT2D eigenvalue weighted by atomic mass is 16.4. The van der Waals surface area contributed by atoms with Crippen LogP contribution in [0, 0.1) is 0 Å². The van der Waals surface area contributed by atoms with Crippen molar-refractivity contribution in [2.45, 2.75) is 19.4 Å². The number of carboxylic acids is 1. The standard InChI is InChI=1S/C21H18N2O4/c24-11-12-2-1-3-13(8-12)14-4-6-17-16(9-14)19-15(5-7-18(25)26)10-22-20(19)21(27)23-17/h1-4,6,8-10,22,24H,5,7,11H2,(H,23,27)(H,25,26). The summed E-state index contributed by atoms with van der Waals surface area (Å²) >= 11 is 0. The Bertz CT molecular complexity index is 1220. The number of H-pyrrole nitrogens is 2. The van der Waals surface area contributed by atoms with Crippen LogP contribution in [0.2, 0.25) is 0 Å². The van der Waals surface area contributed by atoms with E-state index in [-0.39, 0.29) is 18.6 Å². The average molecular weight is 362 g/mol. The van der Waals surface area contributed by atoms with Gasteiger partial charge in [-0.2, -0.15) is 0 Å². The van der Waals surface area contributed by atoms with Crippen LogP contribution in [0.1, 0.15) is 17.5 Å². The first-order valence-corrected chi connectivity index (χ1v) is 8.65. The molecular formula is C21H18N2O4. The number of aliphatic carboxylic acids is 1. The molecule has 6 nitrogen and oxygen atoms in total. The molecule has 0 bridgehead atoms. The van der Waals surface area contributed by atoms with E-state index < -0.39 is 5.97 Å². The Labute approximate surface area is 154 Å². The first kappa shape index (κ1) is 17.1. The van der Waals surface area contributed by atoms with Crippen molar-refractivity contribution in [1.82, 2.24) is 9.97 Å². The van der Waals surface area contributed by atoms with Gasteiger partial charge in [0.1, 0.15) is 5.52 Å². The van der Waals surface area contributed by atoms with Crippen LogP contribution in [-0.4, -0.2) is 26.2 Å². The number of aromatic nitrogens is 2. The average Bonchev–Trinajstić information content (AvgIpc) is 3.11. The molecule has 0 unspecified atom stereocenters. The van der Waals surface area contributed by atoms with Crippen LogP contribution < -0.4 is 5.56 Å². The molecule has 0 amide bonds. The molecule has 4 rings (SSSR count). The summed E-state index contributed by atoms with van der Waals surface area (Å²) in [5.74, 6) is -0.875. The monoisotopic (exact) mass is 362 g/mol. The molecule has 0 aliphatic carbocycles. The molecular weight excluding hydrogens is 344 g/mol. The number of rotatable bonds is 5. The Hall–Kier alpha value is -3.38. The molecule has 0 atom stereocenters. The number of pyridine rings is 1. The molecule has 0 fully saturated rings. The highest BCUT2D eigenvalue weighted by Crippen LogP contribution is 2.30. The lowest BCUT2D eigenvalue weighted by Gasteiger charge is -2.08. The van der Waals surface area contributed by atoms with E-state index in [2.05, 4.69) is 9.97 Å². The fourth-order valence-electron chi connectivity index (χ4n) is 3.46. The summed E-state index contributed by atoms with van der Waals surface area (Å²) in [6, 6.07) is 13.4. The van der Waals surface area contributed by atoms with Crippen LogP contribution in [0.5, 0.6) is 0 Å². The van der Waals surface area contributed by atoms with Gasteiger partial charge in [-0.25, -0.2) is 0 Å². The van der Waals surface area contributed by atoms with Gasteiger partial charge in [0.25, 0.3) is 5.56 Å². The summed E-state index contributed by atoms with van der Waals surface area (Å²) in [6.07, 6.45) is 2.05. The summed E-state index contributed by atoms with van der Waals surface area (Å²) < 4.78 is 0. The van der Waals surface area contributed by atoms with Crippen molar-refractivity contribution in [1.29, 1.82) is 0 Å². The molecule has 2 aromatic carbocycles. The number of fused-ring (bicyclic) bond motifs is 3. The SMILES string of the molecule is O=C(O)CCc1c[nH]c2c(=O)[nH]c3ccc(-c4cccc(CO)c4)cc3c12. The molecule has 0 spiro atoms. The molecule has 4 aromatic rings. The highest BCUT2D eigenvalue weighted by Gasteiger charge is 2.13. The second kappa shape index (κ2) is 6.74. The predicted molar refractivity (Wildman–Crippen MR) is 104 cm³/mol. The van der Waals surface area contributed by atoms with Gasteiger partial charge in [-0.05, 0) is 46.9 Å². The van der Waals surface area contributed by atoms with E-state index in [9.17, 15) is 14.7 Å². The lowest BCUT2D eigenvalue weighted by molar-refractivity contribution is -0.136. The number of aliphatic hydroxyl groups excluding tert-OH is 1. The highest BCUT2D eigenvalue weighted by molar-refractivity contribution is 6.07. The third-order valence-corrected chi connectivity index (χ3v) is 4.78. The van der Waals surface area contributed by atoms with Gasteiger partial charge in [0.15, 0.2) is 0 Å². The summed E-state index contributed by atoms with van der Waals surface area (Å²) in [7, 11) is 0. The number of aliphatic hydroxyl groups is 1. The number of benzene rings is 2. The lowest BCUT2D eigenvalue weighted by atomic mass is 9.98. The largest absolute Gasteiger partial charge is 0.481 e. The molecule has 0 aliphatic heterocycles. The van der Waals surface area contributed by atoms with Gasteiger partial charge >= 0.3 is 5.97 Å². The first-order chi connectivity index (χ1) is 13.1. The van der Waals surface area contributed by atoms with Crippen molar-refractivity contribution in [3.63, 3.8) is 0 Å². The van der Waals surface area contributed by atoms with E-state index >= 15 is 0 Å². The van der Waals surface area contributed by atoms with Gasteiger partial charge in [0, 0.05) is 28.9 Å². The first-order valence-electron chi connectivity index (χ1n) is 8.65. The second-order valence-corrected chi connectivity index (χ2v) is 6.53. The molecule has 2 aromatic heterocycles. The number of hydrogen-bond acceptors (Lipinski definition) is 3. The van der Waals surface area contributed by atoms with Crippen molar-refractivity contribution >= 4 is 27.8 Å². The summed E-state index contributed by atoms with van der Waals surface area (Å²) in [5.41, 5.74) is 4.47. The molecule has 0 saturated carbocycles. The predicted octanol–water partition coefficient (Wildman–Crippen LogP) is 3.19. The van der Waals surface area contributed by atoms with Crippen LogP contribution >= 0.6 is 0 Å². The smallest absolute Gasteiger partial charge is 0.303 e. The van der Waals surface area contributed by atoms with E-state index in [1.807, 2.05) is 42.5 Å². The van der Waals surface area contributed by atoms with Gasteiger partial charge in [-0.15, -0.1) is 0 Å². The van der Waals surface area contributed by atoms with Crippen LogP contribution in [0.25, 0.3) is 32.9 Å². The van der Waals surface area contributed by atoms with Gasteiger partial charge in [-0.1, -0.05) is 24.3 Å². The molecule has 27 heavy (non-hydrogen) atoms. The zero-order valence-electron chi connectivity index (χ0n) is 14.5. The Morgan fingerprint density at radius 1 is 1.07 bits per heavy atom. The van der Waals surface area contributed by atoms with Gasteiger partial charge in [0.05, 0.1) is 6.61 Å². The third kappa shape index (κ3) is 3.11. The lowest BCUT2D eigenvalue weighted by Crippen LogP contribution is -2.06. The fraction of sp³-hybridized carbons (Fsp3) is 0.143. The Balaban J connectivity index is 1.94. The van der Waals surface area contributed by atoms with Crippen LogP contribution in [0.4, 0.5) is 0 Å². The third-order valence-electron chi connectivity index (χ3n) is 4.78. The molecule has 0 saturated heterocycles. The normalized spacial score (nSPS) is 11.3. The number of hydrogen-bond donors (Lipinski definition) is 4. The fourth-order valence-corrected chi connectivity index (χ4v) is 3.46. The van der Waals surface area contributed by atoms with Crippen molar-refractivity contribution in [2.75, 3.05) is 0 Å². The molecule has 2 heterocycles. The number of carbonyl (C=O) groups is 1. The number of aryl methyl sites for hydroxylation is 1. The van der Waals surface area contributed by atoms with E-state index in [4.69, 9.17) is 5.11 Å². The van der Waals surface area contributed by atoms with Gasteiger partial charge in [0.2, 0.25) is 0 Å². The van der Waals surface area contributed by atoms with E-state index in [1.54, 1.807) is 6.20 Å². The molecule has 136 valence electrons. The number of aromatic amines is 2. The Kier molecular flexibility index (Phi) is 4.25. The van der Waals surface area contributed by atoms with Crippen LogP contribution in [0.15, 0.2) is 53.5 Å². The van der Waals surface area contributed by atoms with E-state index in [1.165, 1.54) is 0 Å². The number of carboxylic acid groups (broad SMARTS) is 1. The van der Waals surface area contributed by atoms with Crippen molar-refractivity contribution in [3.05, 3.63) is 70.1 Å². The molecule has 6 heteroatoms. The maximum Gasteiger partial charge on any atom is 0.303 e. The second-order valence-electron chi connectivity index (χ2n) is 6.53. The minimum absolute atomic E-state index is 0.000514. The maximum atomic E-state index is 12.4. The molecule has 0 radical (unpaired) electrons. The zero-order valence-corrected chi connectivity index (χ0v) is 14.5. The Morgan fingerprint density at radius 2 is 1.89 bits per heavy atom. The minimum atomic E-state index is -0.875. The number of nitrogens with one attached hydrogen (secondary N) is 2.